The van der Waals surface area contributed by atoms with E-state index in [1.165, 1.54) is 49.9 Å². The maximum absolute atomic E-state index is 8.99. The van der Waals surface area contributed by atoms with E-state index in [0.717, 1.165) is 18.5 Å². The fraction of sp³-hybridized carbons (Fsp3) is 0.391. The van der Waals surface area contributed by atoms with Gasteiger partial charge in [0.2, 0.25) is 6.19 Å². The molecule has 2 aliphatic rings. The van der Waals surface area contributed by atoms with Crippen LogP contribution < -0.4 is 10.1 Å². The highest BCUT2D eigenvalue weighted by Gasteiger charge is 2.24. The molecule has 144 valence electrons. The van der Waals surface area contributed by atoms with Gasteiger partial charge in [0.15, 0.2) is 0 Å². The summed E-state index contributed by atoms with van der Waals surface area (Å²) in [6.45, 7) is 2.53. The molecule has 1 aliphatic heterocycles. The van der Waals surface area contributed by atoms with Gasteiger partial charge in [-0.25, -0.2) is 0 Å². The van der Waals surface area contributed by atoms with Crippen LogP contribution in [0.4, 0.5) is 5.69 Å². The summed E-state index contributed by atoms with van der Waals surface area (Å²) in [5.41, 5.74) is 3.74. The Labute approximate surface area is 166 Å². The largest absolute Gasteiger partial charge is 0.425 e. The summed E-state index contributed by atoms with van der Waals surface area (Å²) in [5, 5.41) is 12.2. The van der Waals surface area contributed by atoms with Crippen LogP contribution in [-0.4, -0.2) is 30.1 Å². The number of hydrogen-bond donors (Lipinski definition) is 1. The van der Waals surface area contributed by atoms with E-state index in [0.29, 0.717) is 11.8 Å². The summed E-state index contributed by atoms with van der Waals surface area (Å²) < 4.78 is 5.72. The van der Waals surface area contributed by atoms with Crippen molar-refractivity contribution in [1.82, 2.24) is 4.90 Å². The minimum Gasteiger partial charge on any atom is -0.425 e. The number of nitrogens with zero attached hydrogens (tertiary/aromatic N) is 3. The van der Waals surface area contributed by atoms with Gasteiger partial charge in [-0.15, -0.1) is 4.99 Å². The number of amidine groups is 1. The lowest BCUT2D eigenvalue weighted by atomic mass is 10.0. The van der Waals surface area contributed by atoms with Crippen LogP contribution in [0.2, 0.25) is 0 Å². The number of nitrogens with one attached hydrogen (secondary N) is 1. The quantitative estimate of drug-likeness (QED) is 0.375. The van der Waals surface area contributed by atoms with Crippen LogP contribution in [0.25, 0.3) is 0 Å². The molecular weight excluding hydrogens is 348 g/mol. The molecule has 1 heterocycles. The van der Waals surface area contributed by atoms with Gasteiger partial charge in [0.1, 0.15) is 5.75 Å². The molecule has 28 heavy (non-hydrogen) atoms. The van der Waals surface area contributed by atoms with Crippen molar-refractivity contribution < 1.29 is 4.74 Å². The number of aryl methyl sites for hydroxylation is 2. The van der Waals surface area contributed by atoms with E-state index < -0.39 is 0 Å². The molecule has 0 amide bonds. The molecule has 1 fully saturated rings. The summed E-state index contributed by atoms with van der Waals surface area (Å²) in [7, 11) is 0. The lowest BCUT2D eigenvalue weighted by Crippen LogP contribution is -2.32. The average Bonchev–Trinajstić information content (AvgIpc) is 3.17. The number of anilines is 1. The van der Waals surface area contributed by atoms with Crippen molar-refractivity contribution in [2.75, 3.05) is 18.4 Å². The fourth-order valence-electron chi connectivity index (χ4n) is 4.29. The average molecular weight is 374 g/mol. The Bertz CT molecular complexity index is 866. The standard InChI is InChI=1S/C23H26N4O/c24-17-25-23(28-22-6-2-1-3-7-22)26-20-11-8-18-9-12-21(13-10-19(18)16-20)27-14-4-5-15-27/h1-3,6-8,11,16,21H,4-5,9-10,12-15H2,(H,25,26)/t21-/m1/s1. The molecule has 2 aromatic rings. The van der Waals surface area contributed by atoms with Crippen LogP contribution in [0.1, 0.15) is 36.8 Å². The van der Waals surface area contributed by atoms with Gasteiger partial charge >= 0.3 is 6.02 Å². The third-order valence-corrected chi connectivity index (χ3v) is 5.72. The predicted octanol–water partition coefficient (Wildman–Crippen LogP) is 4.36. The maximum Gasteiger partial charge on any atom is 0.310 e. The second-order valence-corrected chi connectivity index (χ2v) is 7.51. The number of fused-ring (bicyclic) bond motifs is 1. The molecule has 2 aromatic carbocycles. The lowest BCUT2D eigenvalue weighted by Gasteiger charge is -2.25. The number of hydrogen-bond acceptors (Lipinski definition) is 4. The van der Waals surface area contributed by atoms with Gasteiger partial charge in [-0.2, -0.15) is 5.26 Å². The molecule has 1 saturated heterocycles. The second-order valence-electron chi connectivity index (χ2n) is 7.51. The summed E-state index contributed by atoms with van der Waals surface area (Å²) in [4.78, 5) is 6.47. The first-order chi connectivity index (χ1) is 13.8. The molecule has 4 rings (SSSR count). The minimum absolute atomic E-state index is 0.192. The van der Waals surface area contributed by atoms with Gasteiger partial charge in [-0.3, -0.25) is 0 Å². The van der Waals surface area contributed by atoms with Gasteiger partial charge in [0.05, 0.1) is 0 Å². The van der Waals surface area contributed by atoms with Crippen LogP contribution in [0.3, 0.4) is 0 Å². The van der Waals surface area contributed by atoms with E-state index in [4.69, 9.17) is 10.00 Å². The van der Waals surface area contributed by atoms with Crippen LogP contribution in [-0.2, 0) is 12.8 Å². The van der Waals surface area contributed by atoms with E-state index in [2.05, 4.69) is 33.4 Å². The number of benzene rings is 2. The Morgan fingerprint density at radius 3 is 2.54 bits per heavy atom. The fourth-order valence-corrected chi connectivity index (χ4v) is 4.29. The lowest BCUT2D eigenvalue weighted by molar-refractivity contribution is 0.222. The first kappa shape index (κ1) is 18.5. The molecule has 5 heteroatoms. The summed E-state index contributed by atoms with van der Waals surface area (Å²) in [6.07, 6.45) is 9.20. The van der Waals surface area contributed by atoms with Crippen molar-refractivity contribution in [1.29, 1.82) is 5.26 Å². The normalized spacial score (nSPS) is 20.1. The van der Waals surface area contributed by atoms with Crippen molar-refractivity contribution in [3.63, 3.8) is 0 Å². The van der Waals surface area contributed by atoms with E-state index in [1.54, 1.807) is 0 Å². The highest BCUT2D eigenvalue weighted by Crippen LogP contribution is 2.28. The number of rotatable bonds is 3. The van der Waals surface area contributed by atoms with Crippen molar-refractivity contribution in [3.8, 4) is 11.9 Å². The third-order valence-electron chi connectivity index (χ3n) is 5.72. The number of para-hydroxylation sites is 1. The topological polar surface area (TPSA) is 60.7 Å². The maximum atomic E-state index is 8.99. The second kappa shape index (κ2) is 8.90. The molecule has 0 saturated carbocycles. The molecule has 1 atom stereocenters. The Hall–Kier alpha value is -2.84. The van der Waals surface area contributed by atoms with E-state index in [1.807, 2.05) is 36.5 Å². The van der Waals surface area contributed by atoms with E-state index in [9.17, 15) is 0 Å². The molecule has 0 unspecified atom stereocenters. The number of nitriles is 1. The zero-order chi connectivity index (χ0) is 19.2. The Morgan fingerprint density at radius 1 is 1.04 bits per heavy atom. The Balaban J connectivity index is 1.45. The number of aliphatic imine (C=N–C) groups is 1. The smallest absolute Gasteiger partial charge is 0.310 e. The molecule has 0 aromatic heterocycles. The predicted molar refractivity (Wildman–Crippen MR) is 111 cm³/mol. The molecule has 5 nitrogen and oxygen atoms in total. The van der Waals surface area contributed by atoms with Crippen molar-refractivity contribution >= 4 is 11.7 Å². The zero-order valence-corrected chi connectivity index (χ0v) is 16.1. The highest BCUT2D eigenvalue weighted by molar-refractivity contribution is 5.91. The van der Waals surface area contributed by atoms with Gasteiger partial charge < -0.3 is 15.0 Å². The third kappa shape index (κ3) is 4.52. The Kier molecular flexibility index (Phi) is 5.89. The van der Waals surface area contributed by atoms with Crippen LogP contribution in [0, 0.1) is 11.5 Å². The first-order valence-corrected chi connectivity index (χ1v) is 10.1. The van der Waals surface area contributed by atoms with Crippen molar-refractivity contribution in [2.45, 2.75) is 44.6 Å². The molecule has 0 radical (unpaired) electrons. The van der Waals surface area contributed by atoms with Crippen molar-refractivity contribution in [2.24, 2.45) is 4.99 Å². The zero-order valence-electron chi connectivity index (χ0n) is 16.1. The molecular formula is C23H26N4O. The minimum atomic E-state index is 0.192. The van der Waals surface area contributed by atoms with Gasteiger partial charge in [0.25, 0.3) is 0 Å². The molecule has 1 aliphatic carbocycles. The molecule has 0 bridgehead atoms. The van der Waals surface area contributed by atoms with Crippen LogP contribution in [0.5, 0.6) is 5.75 Å². The molecule has 1 N–H and O–H groups in total. The number of likely N-dealkylation sites (tertiary alicyclic amines) is 1. The molecule has 0 spiro atoms. The summed E-state index contributed by atoms with van der Waals surface area (Å²) in [5.74, 6) is 0.646. The van der Waals surface area contributed by atoms with Gasteiger partial charge in [-0.05, 0) is 87.0 Å². The summed E-state index contributed by atoms with van der Waals surface area (Å²) >= 11 is 0. The van der Waals surface area contributed by atoms with Crippen LogP contribution in [0.15, 0.2) is 53.5 Å². The van der Waals surface area contributed by atoms with Crippen molar-refractivity contribution in [3.05, 3.63) is 59.7 Å². The van der Waals surface area contributed by atoms with E-state index in [-0.39, 0.29) is 6.02 Å². The van der Waals surface area contributed by atoms with Crippen LogP contribution >= 0.6 is 0 Å². The highest BCUT2D eigenvalue weighted by atomic mass is 16.5. The summed E-state index contributed by atoms with van der Waals surface area (Å²) in [6, 6.07) is 16.7. The monoisotopic (exact) mass is 374 g/mol. The first-order valence-electron chi connectivity index (χ1n) is 10.1. The van der Waals surface area contributed by atoms with Gasteiger partial charge in [0, 0.05) is 11.7 Å². The van der Waals surface area contributed by atoms with E-state index >= 15 is 0 Å². The number of ether oxygens (including phenoxy) is 1. The Morgan fingerprint density at radius 2 is 1.79 bits per heavy atom. The SMILES string of the molecule is N#CN=C(Nc1ccc2c(c1)CC[C@H](N1CCCC1)CC2)Oc1ccccc1. The van der Waals surface area contributed by atoms with Gasteiger partial charge in [-0.1, -0.05) is 24.3 Å².